The Hall–Kier alpha value is -2.64. The Morgan fingerprint density at radius 1 is 1.09 bits per heavy atom. The second-order valence-corrected chi connectivity index (χ2v) is 9.74. The Labute approximate surface area is 197 Å². The van der Waals surface area contributed by atoms with Crippen molar-refractivity contribution in [3.05, 3.63) is 64.9 Å². The fraction of sp³-hybridized carbons (Fsp3) is 0.440. The van der Waals surface area contributed by atoms with E-state index in [-0.39, 0.29) is 23.7 Å². The van der Waals surface area contributed by atoms with Crippen LogP contribution in [0.2, 0.25) is 5.02 Å². The summed E-state index contributed by atoms with van der Waals surface area (Å²) in [5, 5.41) is 0.565. The van der Waals surface area contributed by atoms with Crippen molar-refractivity contribution in [2.45, 2.75) is 31.4 Å². The zero-order chi connectivity index (χ0) is 23.0. The zero-order valence-corrected chi connectivity index (χ0v) is 19.1. The van der Waals surface area contributed by atoms with Crippen LogP contribution < -0.4 is 4.90 Å². The fourth-order valence-electron chi connectivity index (χ4n) is 5.16. The monoisotopic (exact) mass is 471 g/mol. The van der Waals surface area contributed by atoms with Crippen molar-refractivity contribution in [3.8, 4) is 0 Å². The minimum absolute atomic E-state index is 0.00856. The largest absolute Gasteiger partial charge is 0.439 e. The van der Waals surface area contributed by atoms with E-state index < -0.39 is 5.60 Å². The predicted molar refractivity (Wildman–Crippen MR) is 124 cm³/mol. The number of hydrogen-bond acceptors (Lipinski definition) is 4. The normalized spacial score (nSPS) is 24.0. The van der Waals surface area contributed by atoms with E-state index >= 15 is 0 Å². The van der Waals surface area contributed by atoms with Crippen molar-refractivity contribution < 1.29 is 18.7 Å². The smallest absolute Gasteiger partial charge is 0.415 e. The molecule has 0 radical (unpaired) electrons. The molecule has 3 fully saturated rings. The summed E-state index contributed by atoms with van der Waals surface area (Å²) in [5.41, 5.74) is 1.14. The van der Waals surface area contributed by atoms with Gasteiger partial charge in [-0.05, 0) is 61.8 Å². The van der Waals surface area contributed by atoms with Crippen LogP contribution in [-0.4, -0.2) is 60.1 Å². The van der Waals surface area contributed by atoms with Gasteiger partial charge in [0.25, 0.3) is 0 Å². The molecule has 2 aromatic carbocycles. The summed E-state index contributed by atoms with van der Waals surface area (Å²) < 4.78 is 18.9. The van der Waals surface area contributed by atoms with Crippen LogP contribution in [0.1, 0.15) is 24.8 Å². The lowest BCUT2D eigenvalue weighted by Crippen LogP contribution is -2.44. The van der Waals surface area contributed by atoms with Crippen molar-refractivity contribution >= 4 is 29.3 Å². The Morgan fingerprint density at radius 2 is 1.85 bits per heavy atom. The highest BCUT2D eigenvalue weighted by Crippen LogP contribution is 2.36. The van der Waals surface area contributed by atoms with Gasteiger partial charge in [-0.3, -0.25) is 14.6 Å². The molecule has 5 rings (SSSR count). The van der Waals surface area contributed by atoms with Gasteiger partial charge < -0.3 is 9.64 Å². The number of amides is 2. The highest BCUT2D eigenvalue weighted by Gasteiger charge is 2.51. The van der Waals surface area contributed by atoms with Crippen LogP contribution >= 0.6 is 11.6 Å². The van der Waals surface area contributed by atoms with Gasteiger partial charge in [-0.25, -0.2) is 9.18 Å². The van der Waals surface area contributed by atoms with E-state index in [0.29, 0.717) is 36.8 Å². The van der Waals surface area contributed by atoms with Crippen LogP contribution in [0.3, 0.4) is 0 Å². The van der Waals surface area contributed by atoms with E-state index in [1.807, 2.05) is 29.2 Å². The standard InChI is InChI=1S/C25H27ClFN3O3/c26-20-2-1-3-22(14-20)30-17-25(33-24(30)32)10-13-29(16-25)23(31)19-8-11-28(12-9-19)15-18-4-6-21(27)7-5-18/h1-7,14,19H,8-13,15-17H2/t25-/m0/s1. The Bertz CT molecular complexity index is 1040. The van der Waals surface area contributed by atoms with Gasteiger partial charge in [0.2, 0.25) is 5.91 Å². The fourth-order valence-corrected chi connectivity index (χ4v) is 5.34. The molecule has 0 bridgehead atoms. The lowest BCUT2D eigenvalue weighted by atomic mass is 9.95. The summed E-state index contributed by atoms with van der Waals surface area (Å²) in [6, 6.07) is 13.8. The minimum Gasteiger partial charge on any atom is -0.439 e. The first-order valence-electron chi connectivity index (χ1n) is 11.4. The van der Waals surface area contributed by atoms with Crippen LogP contribution in [0.5, 0.6) is 0 Å². The topological polar surface area (TPSA) is 53.1 Å². The molecule has 3 heterocycles. The molecule has 0 saturated carbocycles. The second kappa shape index (κ2) is 8.95. The van der Waals surface area contributed by atoms with E-state index in [1.54, 1.807) is 17.0 Å². The maximum absolute atomic E-state index is 13.2. The van der Waals surface area contributed by atoms with Crippen molar-refractivity contribution in [3.63, 3.8) is 0 Å². The summed E-state index contributed by atoms with van der Waals surface area (Å²) in [7, 11) is 0. The number of carbonyl (C=O) groups is 2. The third-order valence-corrected chi connectivity index (χ3v) is 7.21. The summed E-state index contributed by atoms with van der Waals surface area (Å²) >= 11 is 6.08. The lowest BCUT2D eigenvalue weighted by Gasteiger charge is -2.33. The number of anilines is 1. The van der Waals surface area contributed by atoms with Crippen LogP contribution in [0.4, 0.5) is 14.9 Å². The van der Waals surface area contributed by atoms with Gasteiger partial charge in [0.05, 0.1) is 13.1 Å². The number of halogens is 2. The van der Waals surface area contributed by atoms with E-state index in [9.17, 15) is 14.0 Å². The summed E-state index contributed by atoms with van der Waals surface area (Å²) in [6.45, 7) is 3.90. The summed E-state index contributed by atoms with van der Waals surface area (Å²) in [5.74, 6) is -0.0774. The Morgan fingerprint density at radius 3 is 2.58 bits per heavy atom. The van der Waals surface area contributed by atoms with E-state index in [2.05, 4.69) is 4.90 Å². The Kier molecular flexibility index (Phi) is 6.01. The molecule has 3 aliphatic rings. The van der Waals surface area contributed by atoms with Gasteiger partial charge in [-0.15, -0.1) is 0 Å². The van der Waals surface area contributed by atoms with Crippen molar-refractivity contribution in [1.29, 1.82) is 0 Å². The van der Waals surface area contributed by atoms with Gasteiger partial charge in [0, 0.05) is 36.1 Å². The zero-order valence-electron chi connectivity index (χ0n) is 18.4. The second-order valence-electron chi connectivity index (χ2n) is 9.30. The van der Waals surface area contributed by atoms with Crippen LogP contribution in [0.15, 0.2) is 48.5 Å². The average molecular weight is 472 g/mol. The summed E-state index contributed by atoms with van der Waals surface area (Å²) in [4.78, 5) is 31.6. The van der Waals surface area contributed by atoms with Crippen LogP contribution in [0.25, 0.3) is 0 Å². The SMILES string of the molecule is O=C(C1CCN(Cc2ccc(F)cc2)CC1)N1CC[C@]2(C1)CN(c1cccc(Cl)c1)C(=O)O2. The van der Waals surface area contributed by atoms with Gasteiger partial charge in [-0.2, -0.15) is 0 Å². The maximum atomic E-state index is 13.2. The number of ether oxygens (including phenoxy) is 1. The molecule has 3 saturated heterocycles. The quantitative estimate of drug-likeness (QED) is 0.666. The molecular weight excluding hydrogens is 445 g/mol. The molecule has 8 heteroatoms. The first-order chi connectivity index (χ1) is 15.9. The average Bonchev–Trinajstić information content (AvgIpc) is 3.37. The molecule has 174 valence electrons. The number of carbonyl (C=O) groups excluding carboxylic acids is 2. The number of piperidine rings is 1. The van der Waals surface area contributed by atoms with E-state index in [0.717, 1.165) is 38.0 Å². The molecule has 0 aromatic heterocycles. The lowest BCUT2D eigenvalue weighted by molar-refractivity contribution is -0.136. The predicted octanol–water partition coefficient (Wildman–Crippen LogP) is 4.32. The van der Waals surface area contributed by atoms with Gasteiger partial charge in [0.15, 0.2) is 5.60 Å². The minimum atomic E-state index is -0.654. The van der Waals surface area contributed by atoms with Crippen LogP contribution in [-0.2, 0) is 16.1 Å². The van der Waals surface area contributed by atoms with Gasteiger partial charge in [-0.1, -0.05) is 29.8 Å². The third-order valence-electron chi connectivity index (χ3n) is 6.97. The highest BCUT2D eigenvalue weighted by molar-refractivity contribution is 6.30. The van der Waals surface area contributed by atoms with Crippen LogP contribution in [0, 0.1) is 11.7 Å². The molecule has 0 N–H and O–H groups in total. The molecule has 6 nitrogen and oxygen atoms in total. The van der Waals surface area contributed by atoms with E-state index in [1.165, 1.54) is 12.1 Å². The van der Waals surface area contributed by atoms with Crippen molar-refractivity contribution in [1.82, 2.24) is 9.80 Å². The summed E-state index contributed by atoms with van der Waals surface area (Å²) in [6.07, 6.45) is 1.86. The molecule has 0 unspecified atom stereocenters. The van der Waals surface area contributed by atoms with Crippen molar-refractivity contribution in [2.24, 2.45) is 5.92 Å². The number of nitrogens with zero attached hydrogens (tertiary/aromatic N) is 3. The molecule has 2 amide bonds. The number of rotatable bonds is 4. The third kappa shape index (κ3) is 4.70. The first-order valence-corrected chi connectivity index (χ1v) is 11.8. The molecule has 33 heavy (non-hydrogen) atoms. The molecule has 1 spiro atoms. The molecular formula is C25H27ClFN3O3. The number of likely N-dealkylation sites (tertiary alicyclic amines) is 2. The molecule has 2 aromatic rings. The number of hydrogen-bond donors (Lipinski definition) is 0. The molecule has 0 aliphatic carbocycles. The van der Waals surface area contributed by atoms with E-state index in [4.69, 9.17) is 16.3 Å². The maximum Gasteiger partial charge on any atom is 0.415 e. The van der Waals surface area contributed by atoms with Gasteiger partial charge in [0.1, 0.15) is 5.82 Å². The first kappa shape index (κ1) is 22.2. The van der Waals surface area contributed by atoms with Gasteiger partial charge >= 0.3 is 6.09 Å². The number of benzene rings is 2. The Balaban J connectivity index is 1.15. The van der Waals surface area contributed by atoms with Crippen molar-refractivity contribution in [2.75, 3.05) is 37.6 Å². The molecule has 3 aliphatic heterocycles. The molecule has 1 atom stereocenters. The highest BCUT2D eigenvalue weighted by atomic mass is 35.5.